The van der Waals surface area contributed by atoms with Crippen LogP contribution in [0.3, 0.4) is 0 Å². The first kappa shape index (κ1) is 20.8. The fourth-order valence-electron chi connectivity index (χ4n) is 2.65. The SMILES string of the molecule is COC(=O)c1cccc(NC(=O)c2cnn(-c3ccc(C(F)(F)F)cn3)c2C)c1O. The summed E-state index contributed by atoms with van der Waals surface area (Å²) in [5.41, 5.74) is -0.655. The molecule has 0 aliphatic heterocycles. The fourth-order valence-corrected chi connectivity index (χ4v) is 2.65. The molecule has 0 radical (unpaired) electrons. The summed E-state index contributed by atoms with van der Waals surface area (Å²) in [7, 11) is 1.15. The highest BCUT2D eigenvalue weighted by atomic mass is 19.4. The molecular formula is C19H15F3N4O4. The van der Waals surface area contributed by atoms with E-state index >= 15 is 0 Å². The average molecular weight is 420 g/mol. The molecule has 2 N–H and O–H groups in total. The minimum absolute atomic E-state index is 0.0253. The Kier molecular flexibility index (Phi) is 5.45. The molecule has 30 heavy (non-hydrogen) atoms. The van der Waals surface area contributed by atoms with Crippen LogP contribution in [-0.4, -0.2) is 38.9 Å². The van der Waals surface area contributed by atoms with Crippen molar-refractivity contribution in [1.29, 1.82) is 0 Å². The third-order valence-corrected chi connectivity index (χ3v) is 4.24. The van der Waals surface area contributed by atoms with E-state index in [1.807, 2.05) is 0 Å². The van der Waals surface area contributed by atoms with Crippen LogP contribution in [0.5, 0.6) is 5.75 Å². The number of phenolic OH excluding ortho intramolecular Hbond substituents is 1. The van der Waals surface area contributed by atoms with Crippen molar-refractivity contribution in [2.75, 3.05) is 12.4 Å². The molecule has 8 nitrogen and oxygen atoms in total. The molecule has 0 atom stereocenters. The molecule has 156 valence electrons. The van der Waals surface area contributed by atoms with Gasteiger partial charge in [0, 0.05) is 6.20 Å². The molecular weight excluding hydrogens is 405 g/mol. The van der Waals surface area contributed by atoms with Gasteiger partial charge in [-0.25, -0.2) is 14.5 Å². The van der Waals surface area contributed by atoms with Crippen LogP contribution >= 0.6 is 0 Å². The van der Waals surface area contributed by atoms with E-state index in [4.69, 9.17) is 0 Å². The first-order valence-corrected chi connectivity index (χ1v) is 8.43. The molecule has 3 rings (SSSR count). The molecule has 0 saturated heterocycles. The Hall–Kier alpha value is -3.89. The number of benzene rings is 1. The highest BCUT2D eigenvalue weighted by Gasteiger charge is 2.31. The van der Waals surface area contributed by atoms with E-state index in [0.29, 0.717) is 11.9 Å². The molecule has 0 fully saturated rings. The number of hydrogen-bond donors (Lipinski definition) is 2. The lowest BCUT2D eigenvalue weighted by Crippen LogP contribution is -2.14. The van der Waals surface area contributed by atoms with E-state index in [-0.39, 0.29) is 22.6 Å². The number of ether oxygens (including phenoxy) is 1. The average Bonchev–Trinajstić information content (AvgIpc) is 3.10. The number of esters is 1. The number of amides is 1. The van der Waals surface area contributed by atoms with Gasteiger partial charge >= 0.3 is 12.1 Å². The van der Waals surface area contributed by atoms with E-state index in [9.17, 15) is 27.9 Å². The standard InChI is InChI=1S/C19H15F3N4O4/c1-10-13(9-24-26(10)15-7-6-11(8-23-15)19(20,21)22)17(28)25-14-5-3-4-12(16(14)27)18(29)30-2/h3-9,27H,1-2H3,(H,25,28). The number of carbonyl (C=O) groups is 2. The van der Waals surface area contributed by atoms with Gasteiger partial charge < -0.3 is 15.2 Å². The van der Waals surface area contributed by atoms with Crippen molar-refractivity contribution in [2.45, 2.75) is 13.1 Å². The number of para-hydroxylation sites is 1. The van der Waals surface area contributed by atoms with Gasteiger partial charge in [0.1, 0.15) is 5.56 Å². The summed E-state index contributed by atoms with van der Waals surface area (Å²) in [4.78, 5) is 28.0. The van der Waals surface area contributed by atoms with E-state index in [1.54, 1.807) is 0 Å². The first-order valence-electron chi connectivity index (χ1n) is 8.43. The Morgan fingerprint density at radius 2 is 1.87 bits per heavy atom. The molecule has 0 spiro atoms. The first-order chi connectivity index (χ1) is 14.1. The Morgan fingerprint density at radius 3 is 2.47 bits per heavy atom. The number of aromatic nitrogens is 3. The van der Waals surface area contributed by atoms with Crippen molar-refractivity contribution in [3.05, 3.63) is 65.1 Å². The molecule has 3 aromatic rings. The zero-order valence-electron chi connectivity index (χ0n) is 15.7. The second kappa shape index (κ2) is 7.85. The summed E-state index contributed by atoms with van der Waals surface area (Å²) >= 11 is 0. The van der Waals surface area contributed by atoms with Gasteiger partial charge in [-0.05, 0) is 31.2 Å². The molecule has 0 aliphatic carbocycles. The summed E-state index contributed by atoms with van der Waals surface area (Å²) in [6.07, 6.45) is -2.63. The van der Waals surface area contributed by atoms with Crippen LogP contribution < -0.4 is 5.32 Å². The summed E-state index contributed by atoms with van der Waals surface area (Å²) in [5.74, 6) is -1.80. The van der Waals surface area contributed by atoms with Crippen LogP contribution in [0.4, 0.5) is 18.9 Å². The molecule has 0 aliphatic rings. The lowest BCUT2D eigenvalue weighted by atomic mass is 10.1. The molecule has 1 aromatic carbocycles. The second-order valence-corrected chi connectivity index (χ2v) is 6.11. The maximum absolute atomic E-state index is 12.7. The highest BCUT2D eigenvalue weighted by molar-refractivity contribution is 6.07. The zero-order chi connectivity index (χ0) is 22.1. The maximum atomic E-state index is 12.7. The van der Waals surface area contributed by atoms with Gasteiger partial charge in [-0.1, -0.05) is 6.07 Å². The smallest absolute Gasteiger partial charge is 0.417 e. The van der Waals surface area contributed by atoms with Crippen LogP contribution in [0.15, 0.2) is 42.7 Å². The Balaban J connectivity index is 1.86. The van der Waals surface area contributed by atoms with Gasteiger partial charge in [0.25, 0.3) is 5.91 Å². The second-order valence-electron chi connectivity index (χ2n) is 6.11. The number of anilines is 1. The van der Waals surface area contributed by atoms with Gasteiger partial charge in [0.05, 0.1) is 35.8 Å². The topological polar surface area (TPSA) is 106 Å². The molecule has 2 aromatic heterocycles. The monoisotopic (exact) mass is 420 g/mol. The van der Waals surface area contributed by atoms with E-state index in [0.717, 1.165) is 19.2 Å². The molecule has 0 bridgehead atoms. The van der Waals surface area contributed by atoms with Crippen molar-refractivity contribution in [1.82, 2.24) is 14.8 Å². The van der Waals surface area contributed by atoms with Gasteiger partial charge in [-0.3, -0.25) is 4.79 Å². The van der Waals surface area contributed by atoms with Gasteiger partial charge in [0.2, 0.25) is 0 Å². The third-order valence-electron chi connectivity index (χ3n) is 4.24. The number of carbonyl (C=O) groups excluding carboxylic acids is 2. The summed E-state index contributed by atoms with van der Waals surface area (Å²) in [5, 5.41) is 16.7. The van der Waals surface area contributed by atoms with Crippen molar-refractivity contribution in [3.8, 4) is 11.6 Å². The van der Waals surface area contributed by atoms with Crippen LogP contribution in [0.1, 0.15) is 32.0 Å². The highest BCUT2D eigenvalue weighted by Crippen LogP contribution is 2.30. The minimum Gasteiger partial charge on any atom is -0.505 e. The fraction of sp³-hybridized carbons (Fsp3) is 0.158. The number of phenols is 1. The van der Waals surface area contributed by atoms with Crippen molar-refractivity contribution in [2.24, 2.45) is 0 Å². The number of alkyl halides is 3. The molecule has 11 heteroatoms. The normalized spacial score (nSPS) is 11.2. The number of methoxy groups -OCH3 is 1. The van der Waals surface area contributed by atoms with E-state index in [1.165, 1.54) is 36.0 Å². The van der Waals surface area contributed by atoms with E-state index in [2.05, 4.69) is 20.1 Å². The zero-order valence-corrected chi connectivity index (χ0v) is 15.7. The third kappa shape index (κ3) is 3.95. The number of pyridine rings is 1. The van der Waals surface area contributed by atoms with Gasteiger partial charge in [-0.15, -0.1) is 0 Å². The summed E-state index contributed by atoms with van der Waals surface area (Å²) < 4.78 is 43.8. The molecule has 0 unspecified atom stereocenters. The van der Waals surface area contributed by atoms with Crippen molar-refractivity contribution >= 4 is 17.6 Å². The van der Waals surface area contributed by atoms with Crippen LogP contribution in [0.25, 0.3) is 5.82 Å². The maximum Gasteiger partial charge on any atom is 0.417 e. The molecule has 1 amide bonds. The lowest BCUT2D eigenvalue weighted by molar-refractivity contribution is -0.137. The number of hydrogen-bond acceptors (Lipinski definition) is 6. The van der Waals surface area contributed by atoms with Crippen molar-refractivity contribution < 1.29 is 32.6 Å². The number of aromatic hydroxyl groups is 1. The van der Waals surface area contributed by atoms with Crippen LogP contribution in [0, 0.1) is 6.92 Å². The van der Waals surface area contributed by atoms with E-state index < -0.39 is 29.4 Å². The molecule has 0 saturated carbocycles. The lowest BCUT2D eigenvalue weighted by Gasteiger charge is -2.10. The Labute approximate surface area is 167 Å². The molecule has 2 heterocycles. The van der Waals surface area contributed by atoms with Crippen LogP contribution in [0.2, 0.25) is 0 Å². The number of nitrogens with one attached hydrogen (secondary N) is 1. The largest absolute Gasteiger partial charge is 0.505 e. The Morgan fingerprint density at radius 1 is 1.13 bits per heavy atom. The predicted octanol–water partition coefficient (Wildman–Crippen LogP) is 3.34. The van der Waals surface area contributed by atoms with Crippen molar-refractivity contribution in [3.63, 3.8) is 0 Å². The number of halogens is 3. The summed E-state index contributed by atoms with van der Waals surface area (Å²) in [6, 6.07) is 6.16. The number of rotatable bonds is 4. The predicted molar refractivity (Wildman–Crippen MR) is 98.5 cm³/mol. The van der Waals surface area contributed by atoms with Crippen LogP contribution in [-0.2, 0) is 10.9 Å². The van der Waals surface area contributed by atoms with Gasteiger partial charge in [-0.2, -0.15) is 18.3 Å². The number of nitrogens with zero attached hydrogens (tertiary/aromatic N) is 3. The quantitative estimate of drug-likeness (QED) is 0.495. The minimum atomic E-state index is -4.52. The summed E-state index contributed by atoms with van der Waals surface area (Å²) in [6.45, 7) is 1.53. The van der Waals surface area contributed by atoms with Gasteiger partial charge in [0.15, 0.2) is 11.6 Å². The Bertz CT molecular complexity index is 1110.